The van der Waals surface area contributed by atoms with Crippen LogP contribution in [0.2, 0.25) is 0 Å². The number of aryl methyl sites for hydroxylation is 1. The van der Waals surface area contributed by atoms with Crippen LogP contribution < -0.4 is 4.72 Å². The Kier molecular flexibility index (Phi) is 4.22. The molecule has 1 atom stereocenters. The van der Waals surface area contributed by atoms with Crippen LogP contribution in [0, 0.1) is 6.92 Å². The third-order valence-corrected chi connectivity index (χ3v) is 3.51. The molecule has 0 fully saturated rings. The van der Waals surface area contributed by atoms with Crippen molar-refractivity contribution in [2.24, 2.45) is 0 Å². The van der Waals surface area contributed by atoms with Crippen LogP contribution in [0.25, 0.3) is 0 Å². The Balaban J connectivity index is 2.83. The average molecular weight is 284 g/mol. The van der Waals surface area contributed by atoms with Crippen LogP contribution in [0.4, 0.5) is 13.2 Å². The van der Waals surface area contributed by atoms with Crippen LogP contribution in [-0.2, 0) is 23.7 Å². The summed E-state index contributed by atoms with van der Waals surface area (Å²) in [5.41, 5.74) is -0.280. The fraction of sp³-hybridized carbons (Fsp3) is 0.700. The van der Waals surface area contributed by atoms with E-state index >= 15 is 0 Å². The zero-order valence-corrected chi connectivity index (χ0v) is 11.3. The monoisotopic (exact) mass is 284 g/mol. The van der Waals surface area contributed by atoms with Crippen LogP contribution in [0.5, 0.6) is 0 Å². The van der Waals surface area contributed by atoms with E-state index in [2.05, 4.69) is 14.1 Å². The SMILES string of the molecule is Cc1nc(CNS(=O)C(C)(C)C)c(C(F)(F)F)o1. The van der Waals surface area contributed by atoms with Crippen molar-refractivity contribution in [3.05, 3.63) is 17.3 Å². The smallest absolute Gasteiger partial charge is 0.436 e. The van der Waals surface area contributed by atoms with Gasteiger partial charge in [-0.3, -0.25) is 0 Å². The highest BCUT2D eigenvalue weighted by molar-refractivity contribution is 7.84. The summed E-state index contributed by atoms with van der Waals surface area (Å²) in [6, 6.07) is 0. The van der Waals surface area contributed by atoms with Gasteiger partial charge in [0.25, 0.3) is 0 Å². The van der Waals surface area contributed by atoms with Gasteiger partial charge in [-0.2, -0.15) is 13.2 Å². The van der Waals surface area contributed by atoms with Gasteiger partial charge in [0.15, 0.2) is 5.89 Å². The van der Waals surface area contributed by atoms with Crippen molar-refractivity contribution in [3.8, 4) is 0 Å². The lowest BCUT2D eigenvalue weighted by atomic mass is 10.3. The van der Waals surface area contributed by atoms with Crippen molar-refractivity contribution in [1.82, 2.24) is 9.71 Å². The summed E-state index contributed by atoms with van der Waals surface area (Å²) in [4.78, 5) is 3.65. The fourth-order valence-electron chi connectivity index (χ4n) is 1.16. The molecule has 1 aromatic rings. The molecular formula is C10H15F3N2O2S. The molecule has 0 aliphatic rings. The number of alkyl halides is 3. The number of hydrogen-bond acceptors (Lipinski definition) is 3. The number of halogens is 3. The molecule has 1 rings (SSSR count). The maximum Gasteiger partial charge on any atom is 0.451 e. The summed E-state index contributed by atoms with van der Waals surface area (Å²) < 4.78 is 55.9. The van der Waals surface area contributed by atoms with E-state index in [0.717, 1.165) is 0 Å². The lowest BCUT2D eigenvalue weighted by Gasteiger charge is -2.17. The first-order valence-corrected chi connectivity index (χ1v) is 6.35. The van der Waals surface area contributed by atoms with E-state index in [9.17, 15) is 17.4 Å². The zero-order valence-electron chi connectivity index (χ0n) is 10.5. The van der Waals surface area contributed by atoms with Crippen LogP contribution in [0.3, 0.4) is 0 Å². The minimum absolute atomic E-state index is 0.0688. The second kappa shape index (κ2) is 5.00. The van der Waals surface area contributed by atoms with Crippen molar-refractivity contribution >= 4 is 11.0 Å². The number of aromatic nitrogens is 1. The number of rotatable bonds is 3. The molecule has 0 aliphatic heterocycles. The first kappa shape index (κ1) is 15.2. The van der Waals surface area contributed by atoms with Crippen molar-refractivity contribution in [1.29, 1.82) is 0 Å². The lowest BCUT2D eigenvalue weighted by molar-refractivity contribution is -0.154. The van der Waals surface area contributed by atoms with E-state index in [1.54, 1.807) is 20.8 Å². The third-order valence-electron chi connectivity index (χ3n) is 1.99. The molecule has 0 bridgehead atoms. The molecule has 0 saturated heterocycles. The quantitative estimate of drug-likeness (QED) is 0.928. The van der Waals surface area contributed by atoms with Crippen molar-refractivity contribution in [3.63, 3.8) is 0 Å². The molecule has 0 amide bonds. The van der Waals surface area contributed by atoms with E-state index < -0.39 is 27.7 Å². The number of hydrogen-bond donors (Lipinski definition) is 1. The maximum absolute atomic E-state index is 12.6. The van der Waals surface area contributed by atoms with Crippen molar-refractivity contribution in [2.45, 2.75) is 45.2 Å². The second-order valence-corrected chi connectivity index (χ2v) is 6.76. The van der Waals surface area contributed by atoms with Gasteiger partial charge < -0.3 is 4.42 Å². The van der Waals surface area contributed by atoms with Gasteiger partial charge in [0, 0.05) is 6.92 Å². The Labute approximate surface area is 106 Å². The zero-order chi connectivity index (χ0) is 14.1. The molecule has 0 aromatic carbocycles. The standard InChI is InChI=1S/C10H15F3N2O2S/c1-6-15-7(8(17-6)10(11,12)13)5-14-18(16)9(2,3)4/h14H,5H2,1-4H3. The predicted octanol–water partition coefficient (Wildman–Crippen LogP) is 2.55. The minimum atomic E-state index is -4.60. The third kappa shape index (κ3) is 3.81. The summed E-state index contributed by atoms with van der Waals surface area (Å²) in [5.74, 6) is -1.21. The minimum Gasteiger partial charge on any atom is -0.436 e. The van der Waals surface area contributed by atoms with Crippen LogP contribution in [0.1, 0.15) is 38.1 Å². The molecule has 0 radical (unpaired) electrons. The number of nitrogens with zero attached hydrogens (tertiary/aromatic N) is 1. The molecular weight excluding hydrogens is 269 g/mol. The maximum atomic E-state index is 12.6. The van der Waals surface area contributed by atoms with Gasteiger partial charge >= 0.3 is 6.18 Å². The van der Waals surface area contributed by atoms with Crippen molar-refractivity contribution in [2.75, 3.05) is 0 Å². The van der Waals surface area contributed by atoms with Crippen LogP contribution in [-0.4, -0.2) is 13.9 Å². The van der Waals surface area contributed by atoms with Crippen LogP contribution in [0.15, 0.2) is 4.42 Å². The fourth-order valence-corrected chi connectivity index (χ4v) is 1.86. The summed E-state index contributed by atoms with van der Waals surface area (Å²) in [5, 5.41) is 0. The molecule has 0 spiro atoms. The van der Waals surface area contributed by atoms with Gasteiger partial charge in [-0.05, 0) is 20.8 Å². The molecule has 8 heteroatoms. The highest BCUT2D eigenvalue weighted by Gasteiger charge is 2.39. The summed E-state index contributed by atoms with van der Waals surface area (Å²) >= 11 is 0. The Hall–Kier alpha value is -0.890. The Morgan fingerprint density at radius 1 is 1.33 bits per heavy atom. The summed E-state index contributed by atoms with van der Waals surface area (Å²) in [6.45, 7) is 6.23. The normalized spacial score (nSPS) is 14.8. The Morgan fingerprint density at radius 2 is 1.89 bits per heavy atom. The number of oxazole rings is 1. The Morgan fingerprint density at radius 3 is 2.33 bits per heavy atom. The van der Waals surface area contributed by atoms with Crippen molar-refractivity contribution < 1.29 is 21.8 Å². The predicted molar refractivity (Wildman–Crippen MR) is 61.0 cm³/mol. The highest BCUT2D eigenvalue weighted by atomic mass is 32.2. The molecule has 0 aliphatic carbocycles. The van der Waals surface area contributed by atoms with E-state index in [1.165, 1.54) is 6.92 Å². The molecule has 0 saturated carbocycles. The largest absolute Gasteiger partial charge is 0.451 e. The highest BCUT2D eigenvalue weighted by Crippen LogP contribution is 2.32. The van der Waals surface area contributed by atoms with E-state index in [4.69, 9.17) is 0 Å². The van der Waals surface area contributed by atoms with Gasteiger partial charge in [0.2, 0.25) is 5.76 Å². The molecule has 4 nitrogen and oxygen atoms in total. The van der Waals surface area contributed by atoms with Gasteiger partial charge in [-0.25, -0.2) is 13.9 Å². The van der Waals surface area contributed by atoms with Gasteiger partial charge in [0.05, 0.1) is 22.3 Å². The molecule has 1 unspecified atom stereocenters. The average Bonchev–Trinajstić information content (AvgIpc) is 2.54. The van der Waals surface area contributed by atoms with Crippen LogP contribution >= 0.6 is 0 Å². The van der Waals surface area contributed by atoms with Gasteiger partial charge in [-0.1, -0.05) is 0 Å². The molecule has 1 heterocycles. The molecule has 1 aromatic heterocycles. The molecule has 18 heavy (non-hydrogen) atoms. The first-order valence-electron chi connectivity index (χ1n) is 5.20. The molecule has 104 valence electrons. The van der Waals surface area contributed by atoms with E-state index in [1.807, 2.05) is 0 Å². The summed E-state index contributed by atoms with van der Waals surface area (Å²) in [7, 11) is -1.46. The van der Waals surface area contributed by atoms with Gasteiger partial charge in [0.1, 0.15) is 5.69 Å². The Bertz CT molecular complexity index is 449. The van der Waals surface area contributed by atoms with E-state index in [-0.39, 0.29) is 18.1 Å². The topological polar surface area (TPSA) is 55.1 Å². The second-order valence-electron chi connectivity index (χ2n) is 4.71. The first-order chi connectivity index (χ1) is 8.01. The lowest BCUT2D eigenvalue weighted by Crippen LogP contribution is -2.33. The number of nitrogens with one attached hydrogen (secondary N) is 1. The summed E-state index contributed by atoms with van der Waals surface area (Å²) in [6.07, 6.45) is -4.60. The van der Waals surface area contributed by atoms with Gasteiger partial charge in [-0.15, -0.1) is 0 Å². The van der Waals surface area contributed by atoms with E-state index in [0.29, 0.717) is 0 Å². The molecule has 1 N–H and O–H groups in total.